The minimum atomic E-state index is -4.47. The number of furan rings is 1. The first-order valence-corrected chi connectivity index (χ1v) is 9.73. The monoisotopic (exact) mass is 449 g/mol. The summed E-state index contributed by atoms with van der Waals surface area (Å²) < 4.78 is 44.3. The number of carbonyl (C=O) groups excluding carboxylic acids is 2. The Morgan fingerprint density at radius 1 is 1.00 bits per heavy atom. The van der Waals surface area contributed by atoms with Gasteiger partial charge in [0.05, 0.1) is 16.2 Å². The maximum absolute atomic E-state index is 12.9. The van der Waals surface area contributed by atoms with Crippen molar-refractivity contribution in [1.29, 1.82) is 0 Å². The summed E-state index contributed by atoms with van der Waals surface area (Å²) >= 11 is 6.66. The van der Waals surface area contributed by atoms with Crippen LogP contribution >= 0.6 is 23.4 Å². The van der Waals surface area contributed by atoms with Crippen LogP contribution < -0.4 is 4.90 Å². The second kappa shape index (κ2) is 7.70. The Bertz CT molecular complexity index is 1190. The fraction of sp³-hybridized carbons (Fsp3) is 0.0476. The zero-order chi connectivity index (χ0) is 21.5. The van der Waals surface area contributed by atoms with Gasteiger partial charge in [0.15, 0.2) is 0 Å². The number of nitrogens with zero attached hydrogens (tertiary/aromatic N) is 1. The van der Waals surface area contributed by atoms with E-state index < -0.39 is 22.9 Å². The summed E-state index contributed by atoms with van der Waals surface area (Å²) in [4.78, 5) is 26.1. The molecule has 0 N–H and O–H groups in total. The Kier molecular flexibility index (Phi) is 5.21. The molecule has 1 aromatic heterocycles. The lowest BCUT2D eigenvalue weighted by atomic mass is 10.1. The molecule has 0 unspecified atom stereocenters. The quantitative estimate of drug-likeness (QED) is 0.410. The van der Waals surface area contributed by atoms with Gasteiger partial charge in [-0.2, -0.15) is 13.2 Å². The fourth-order valence-electron chi connectivity index (χ4n) is 2.87. The van der Waals surface area contributed by atoms with Crippen LogP contribution in [0.25, 0.3) is 17.4 Å². The van der Waals surface area contributed by atoms with Gasteiger partial charge in [-0.05, 0) is 54.2 Å². The highest BCUT2D eigenvalue weighted by Crippen LogP contribution is 2.37. The lowest BCUT2D eigenvalue weighted by molar-refractivity contribution is -0.137. The van der Waals surface area contributed by atoms with Crippen LogP contribution in [0.5, 0.6) is 0 Å². The van der Waals surface area contributed by atoms with Gasteiger partial charge < -0.3 is 4.42 Å². The second-order valence-corrected chi connectivity index (χ2v) is 7.71. The molecule has 1 aliphatic heterocycles. The fourth-order valence-corrected chi connectivity index (χ4v) is 3.88. The van der Waals surface area contributed by atoms with Crippen molar-refractivity contribution in [3.8, 4) is 11.3 Å². The molecule has 0 bridgehead atoms. The topological polar surface area (TPSA) is 50.5 Å². The first-order valence-electron chi connectivity index (χ1n) is 8.53. The molecule has 2 aromatic carbocycles. The summed E-state index contributed by atoms with van der Waals surface area (Å²) in [6.07, 6.45) is -3.09. The number of halogens is 4. The molecule has 0 atom stereocenters. The van der Waals surface area contributed by atoms with Crippen molar-refractivity contribution >= 4 is 46.3 Å². The van der Waals surface area contributed by atoms with E-state index in [0.717, 1.165) is 28.8 Å². The van der Waals surface area contributed by atoms with E-state index in [-0.39, 0.29) is 22.0 Å². The number of rotatable bonds is 3. The van der Waals surface area contributed by atoms with Crippen molar-refractivity contribution < 1.29 is 27.2 Å². The minimum Gasteiger partial charge on any atom is -0.457 e. The highest BCUT2D eigenvalue weighted by molar-refractivity contribution is 8.19. The molecule has 9 heteroatoms. The molecule has 1 saturated heterocycles. The molecule has 0 aliphatic carbocycles. The van der Waals surface area contributed by atoms with Gasteiger partial charge in [0.1, 0.15) is 11.5 Å². The van der Waals surface area contributed by atoms with Gasteiger partial charge in [0.25, 0.3) is 11.1 Å². The summed E-state index contributed by atoms with van der Waals surface area (Å²) in [6.45, 7) is 0. The van der Waals surface area contributed by atoms with Crippen LogP contribution in [0.4, 0.5) is 23.7 Å². The molecule has 2 amide bonds. The standard InChI is InChI=1S/C21H11ClF3NO3S/c22-14-5-2-6-15(10-14)26-19(27)18(30-20(26)28)11-16-7-8-17(29-16)12-3-1-4-13(9-12)21(23,24)25/h1-11H/b18-11+. The molecular weight excluding hydrogens is 439 g/mol. The van der Waals surface area contributed by atoms with Gasteiger partial charge in [0, 0.05) is 16.7 Å². The minimum absolute atomic E-state index is 0.130. The van der Waals surface area contributed by atoms with E-state index in [4.69, 9.17) is 16.0 Å². The molecule has 152 valence electrons. The van der Waals surface area contributed by atoms with Gasteiger partial charge in [-0.1, -0.05) is 29.8 Å². The van der Waals surface area contributed by atoms with Crippen LogP contribution in [0.15, 0.2) is 70.0 Å². The van der Waals surface area contributed by atoms with Crippen molar-refractivity contribution in [2.45, 2.75) is 6.18 Å². The normalized spacial score (nSPS) is 16.0. The first kappa shape index (κ1) is 20.3. The molecule has 4 nitrogen and oxygen atoms in total. The molecule has 1 aliphatic rings. The lowest BCUT2D eigenvalue weighted by Gasteiger charge is -2.12. The third-order valence-corrected chi connectivity index (χ3v) is 5.34. The molecule has 30 heavy (non-hydrogen) atoms. The van der Waals surface area contributed by atoms with E-state index in [9.17, 15) is 22.8 Å². The number of alkyl halides is 3. The zero-order valence-corrected chi connectivity index (χ0v) is 16.5. The van der Waals surface area contributed by atoms with E-state index in [1.165, 1.54) is 36.4 Å². The average Bonchev–Trinajstić information content (AvgIpc) is 3.26. The van der Waals surface area contributed by atoms with Crippen molar-refractivity contribution in [2.75, 3.05) is 4.90 Å². The van der Waals surface area contributed by atoms with Crippen LogP contribution in [0, 0.1) is 0 Å². The van der Waals surface area contributed by atoms with Crippen LogP contribution in [0.1, 0.15) is 11.3 Å². The molecule has 2 heterocycles. The number of hydrogen-bond donors (Lipinski definition) is 0. The Morgan fingerprint density at radius 3 is 2.50 bits per heavy atom. The first-order chi connectivity index (χ1) is 14.2. The van der Waals surface area contributed by atoms with E-state index in [1.807, 2.05) is 0 Å². The Balaban J connectivity index is 1.61. The Hall–Kier alpha value is -2.97. The molecule has 1 fully saturated rings. The van der Waals surface area contributed by atoms with E-state index in [2.05, 4.69) is 0 Å². The predicted octanol–water partition coefficient (Wildman–Crippen LogP) is 6.86. The van der Waals surface area contributed by atoms with Crippen LogP contribution in [-0.2, 0) is 11.0 Å². The lowest BCUT2D eigenvalue weighted by Crippen LogP contribution is -2.27. The maximum Gasteiger partial charge on any atom is 0.416 e. The summed E-state index contributed by atoms with van der Waals surface area (Å²) in [5.41, 5.74) is -0.199. The number of amides is 2. The Morgan fingerprint density at radius 2 is 1.77 bits per heavy atom. The molecular formula is C21H11ClF3NO3S. The van der Waals surface area contributed by atoms with Gasteiger partial charge >= 0.3 is 6.18 Å². The summed E-state index contributed by atoms with van der Waals surface area (Å²) in [5.74, 6) is -0.0929. The van der Waals surface area contributed by atoms with E-state index in [0.29, 0.717) is 10.7 Å². The van der Waals surface area contributed by atoms with E-state index in [1.54, 1.807) is 18.2 Å². The number of anilines is 1. The van der Waals surface area contributed by atoms with Crippen molar-refractivity contribution in [1.82, 2.24) is 0 Å². The molecule has 0 saturated carbocycles. The van der Waals surface area contributed by atoms with E-state index >= 15 is 0 Å². The second-order valence-electron chi connectivity index (χ2n) is 6.28. The number of benzene rings is 2. The number of hydrogen-bond acceptors (Lipinski definition) is 4. The van der Waals surface area contributed by atoms with Gasteiger partial charge in [-0.15, -0.1) is 0 Å². The summed E-state index contributed by atoms with van der Waals surface area (Å²) in [6, 6.07) is 14.1. The highest BCUT2D eigenvalue weighted by Gasteiger charge is 2.36. The third-order valence-electron chi connectivity index (χ3n) is 4.23. The molecule has 0 radical (unpaired) electrons. The number of imide groups is 1. The number of thioether (sulfide) groups is 1. The molecule has 3 aromatic rings. The zero-order valence-electron chi connectivity index (χ0n) is 14.9. The maximum atomic E-state index is 12.9. The summed E-state index contributed by atoms with van der Waals surface area (Å²) in [5, 5.41) is -0.106. The van der Waals surface area contributed by atoms with Gasteiger partial charge in [0.2, 0.25) is 0 Å². The average molecular weight is 450 g/mol. The number of carbonyl (C=O) groups is 2. The predicted molar refractivity (Wildman–Crippen MR) is 109 cm³/mol. The Labute approximate surface area is 177 Å². The van der Waals surface area contributed by atoms with Crippen LogP contribution in [0.3, 0.4) is 0 Å². The van der Waals surface area contributed by atoms with Crippen molar-refractivity contribution in [3.05, 3.63) is 81.9 Å². The van der Waals surface area contributed by atoms with Crippen LogP contribution in [-0.4, -0.2) is 11.1 Å². The molecule has 4 rings (SSSR count). The van der Waals surface area contributed by atoms with Crippen molar-refractivity contribution in [2.24, 2.45) is 0 Å². The highest BCUT2D eigenvalue weighted by atomic mass is 35.5. The van der Waals surface area contributed by atoms with Gasteiger partial charge in [-0.25, -0.2) is 4.90 Å². The van der Waals surface area contributed by atoms with Crippen LogP contribution in [0.2, 0.25) is 5.02 Å². The SMILES string of the molecule is O=C1S/C(=C/c2ccc(-c3cccc(C(F)(F)F)c3)o2)C(=O)N1c1cccc(Cl)c1. The molecule has 0 spiro atoms. The smallest absolute Gasteiger partial charge is 0.416 e. The largest absolute Gasteiger partial charge is 0.457 e. The van der Waals surface area contributed by atoms with Gasteiger partial charge in [-0.3, -0.25) is 9.59 Å². The van der Waals surface area contributed by atoms with Crippen molar-refractivity contribution in [3.63, 3.8) is 0 Å². The summed E-state index contributed by atoms with van der Waals surface area (Å²) in [7, 11) is 0. The third kappa shape index (κ3) is 4.01.